The molecule has 0 saturated heterocycles. The average molecular weight is 389 g/mol. The third-order valence-electron chi connectivity index (χ3n) is 4.29. The number of hydrogen-bond acceptors (Lipinski definition) is 3. The summed E-state index contributed by atoms with van der Waals surface area (Å²) in [6.45, 7) is 1.94. The van der Waals surface area contributed by atoms with E-state index in [1.54, 1.807) is 29.2 Å². The predicted octanol–water partition coefficient (Wildman–Crippen LogP) is 5.15. The molecule has 2 heterocycles. The number of carbonyl (C=O) groups excluding carboxylic acids is 1. The summed E-state index contributed by atoms with van der Waals surface area (Å²) in [5, 5.41) is 7.87. The van der Waals surface area contributed by atoms with Crippen LogP contribution in [-0.4, -0.2) is 20.7 Å². The van der Waals surface area contributed by atoms with Crippen molar-refractivity contribution in [2.75, 3.05) is 5.32 Å². The van der Waals surface area contributed by atoms with E-state index in [0.717, 1.165) is 22.5 Å². The van der Waals surface area contributed by atoms with Crippen molar-refractivity contribution in [1.29, 1.82) is 0 Å². The fraction of sp³-hybridized carbons (Fsp3) is 0.0455. The van der Waals surface area contributed by atoms with E-state index in [1.165, 1.54) is 0 Å². The molecule has 4 aromatic rings. The predicted molar refractivity (Wildman–Crippen MR) is 111 cm³/mol. The molecule has 0 saturated carbocycles. The molecule has 2 aromatic carbocycles. The van der Waals surface area contributed by atoms with Crippen LogP contribution in [0.5, 0.6) is 0 Å². The zero-order chi connectivity index (χ0) is 19.5. The summed E-state index contributed by atoms with van der Waals surface area (Å²) in [5.74, 6) is -0.323. The molecular formula is C22H17ClN4O. The van der Waals surface area contributed by atoms with E-state index in [1.807, 2.05) is 61.5 Å². The number of nitrogens with one attached hydrogen (secondary N) is 1. The quantitative estimate of drug-likeness (QED) is 0.526. The van der Waals surface area contributed by atoms with Gasteiger partial charge in [0.1, 0.15) is 0 Å². The SMILES string of the molecule is Cc1ccc(NC(=O)c2cc(-c3ccncc3)n(-c3ccccc3)n2)c(Cl)c1. The van der Waals surface area contributed by atoms with E-state index in [9.17, 15) is 4.79 Å². The summed E-state index contributed by atoms with van der Waals surface area (Å²) in [7, 11) is 0. The van der Waals surface area contributed by atoms with Gasteiger partial charge in [-0.1, -0.05) is 35.9 Å². The Kier molecular flexibility index (Phi) is 4.91. The lowest BCUT2D eigenvalue weighted by Crippen LogP contribution is -2.13. The molecule has 0 aliphatic heterocycles. The molecule has 0 spiro atoms. The molecule has 2 aromatic heterocycles. The van der Waals surface area contributed by atoms with Gasteiger partial charge in [0, 0.05) is 18.0 Å². The molecule has 28 heavy (non-hydrogen) atoms. The first kappa shape index (κ1) is 17.9. The van der Waals surface area contributed by atoms with Crippen LogP contribution >= 0.6 is 11.6 Å². The van der Waals surface area contributed by atoms with Crippen LogP contribution in [0.3, 0.4) is 0 Å². The van der Waals surface area contributed by atoms with Crippen molar-refractivity contribution in [1.82, 2.24) is 14.8 Å². The van der Waals surface area contributed by atoms with Gasteiger partial charge in [0.2, 0.25) is 0 Å². The fourth-order valence-corrected chi connectivity index (χ4v) is 3.18. The van der Waals surface area contributed by atoms with Gasteiger partial charge < -0.3 is 5.32 Å². The summed E-state index contributed by atoms with van der Waals surface area (Å²) in [6, 6.07) is 20.7. The normalized spacial score (nSPS) is 10.6. The number of aromatic nitrogens is 3. The highest BCUT2D eigenvalue weighted by atomic mass is 35.5. The smallest absolute Gasteiger partial charge is 0.276 e. The number of carbonyl (C=O) groups is 1. The molecule has 4 rings (SSSR count). The Hall–Kier alpha value is -3.44. The van der Waals surface area contributed by atoms with E-state index in [2.05, 4.69) is 15.4 Å². The minimum absolute atomic E-state index is 0.298. The van der Waals surface area contributed by atoms with Gasteiger partial charge in [-0.05, 0) is 55.0 Å². The summed E-state index contributed by atoms with van der Waals surface area (Å²) in [4.78, 5) is 16.9. The second kappa shape index (κ2) is 7.66. The number of halogens is 1. The van der Waals surface area contributed by atoms with Gasteiger partial charge >= 0.3 is 0 Å². The molecule has 6 heteroatoms. The lowest BCUT2D eigenvalue weighted by Gasteiger charge is -2.07. The lowest BCUT2D eigenvalue weighted by molar-refractivity contribution is 0.102. The maximum atomic E-state index is 12.8. The second-order valence-electron chi connectivity index (χ2n) is 6.34. The van der Waals surface area contributed by atoms with Crippen molar-refractivity contribution in [3.05, 3.63) is 95.4 Å². The van der Waals surface area contributed by atoms with Crippen molar-refractivity contribution in [3.63, 3.8) is 0 Å². The first-order valence-corrected chi connectivity index (χ1v) is 9.13. The number of aryl methyl sites for hydroxylation is 1. The highest BCUT2D eigenvalue weighted by Crippen LogP contribution is 2.26. The molecule has 0 radical (unpaired) electrons. The summed E-state index contributed by atoms with van der Waals surface area (Å²) >= 11 is 6.24. The van der Waals surface area contributed by atoms with Crippen molar-refractivity contribution < 1.29 is 4.79 Å². The highest BCUT2D eigenvalue weighted by molar-refractivity contribution is 6.34. The van der Waals surface area contributed by atoms with Gasteiger partial charge in [-0.25, -0.2) is 4.68 Å². The number of nitrogens with zero attached hydrogens (tertiary/aromatic N) is 3. The van der Waals surface area contributed by atoms with Gasteiger partial charge in [-0.15, -0.1) is 0 Å². The van der Waals surface area contributed by atoms with Crippen molar-refractivity contribution >= 4 is 23.2 Å². The Bertz CT molecular complexity index is 1070. The molecular weight excluding hydrogens is 372 g/mol. The van der Waals surface area contributed by atoms with Gasteiger partial charge in [0.05, 0.1) is 22.1 Å². The third kappa shape index (κ3) is 3.66. The maximum absolute atomic E-state index is 12.8. The Morgan fingerprint density at radius 1 is 1.00 bits per heavy atom. The van der Waals surface area contributed by atoms with E-state index in [0.29, 0.717) is 16.4 Å². The molecule has 0 fully saturated rings. The van der Waals surface area contributed by atoms with Crippen LogP contribution in [0, 0.1) is 6.92 Å². The van der Waals surface area contributed by atoms with Crippen molar-refractivity contribution in [2.45, 2.75) is 6.92 Å². The highest BCUT2D eigenvalue weighted by Gasteiger charge is 2.17. The number of pyridine rings is 1. The van der Waals surface area contributed by atoms with Crippen LogP contribution in [-0.2, 0) is 0 Å². The number of rotatable bonds is 4. The van der Waals surface area contributed by atoms with Gasteiger partial charge in [-0.2, -0.15) is 5.10 Å². The Morgan fingerprint density at radius 2 is 1.75 bits per heavy atom. The molecule has 0 aliphatic carbocycles. The largest absolute Gasteiger partial charge is 0.319 e. The zero-order valence-electron chi connectivity index (χ0n) is 15.1. The van der Waals surface area contributed by atoms with Crippen molar-refractivity contribution in [2.24, 2.45) is 0 Å². The molecule has 1 amide bonds. The Morgan fingerprint density at radius 3 is 2.46 bits per heavy atom. The Balaban J connectivity index is 1.74. The van der Waals surface area contributed by atoms with Crippen LogP contribution < -0.4 is 5.32 Å². The number of anilines is 1. The zero-order valence-corrected chi connectivity index (χ0v) is 15.9. The van der Waals surface area contributed by atoms with Crippen LogP contribution in [0.2, 0.25) is 5.02 Å². The van der Waals surface area contributed by atoms with Crippen LogP contribution in [0.1, 0.15) is 16.1 Å². The molecule has 5 nitrogen and oxygen atoms in total. The van der Waals surface area contributed by atoms with Gasteiger partial charge in [-0.3, -0.25) is 9.78 Å². The molecule has 0 aliphatic rings. The summed E-state index contributed by atoms with van der Waals surface area (Å²) < 4.78 is 1.75. The van der Waals surface area contributed by atoms with Crippen molar-refractivity contribution in [3.8, 4) is 16.9 Å². The van der Waals surface area contributed by atoms with E-state index >= 15 is 0 Å². The van der Waals surface area contributed by atoms with Crippen LogP contribution in [0.4, 0.5) is 5.69 Å². The molecule has 1 N–H and O–H groups in total. The monoisotopic (exact) mass is 388 g/mol. The van der Waals surface area contributed by atoms with E-state index in [-0.39, 0.29) is 5.91 Å². The van der Waals surface area contributed by atoms with E-state index < -0.39 is 0 Å². The van der Waals surface area contributed by atoms with E-state index in [4.69, 9.17) is 11.6 Å². The van der Waals surface area contributed by atoms with Gasteiger partial charge in [0.15, 0.2) is 5.69 Å². The fourth-order valence-electron chi connectivity index (χ4n) is 2.89. The van der Waals surface area contributed by atoms with Crippen LogP contribution in [0.15, 0.2) is 79.1 Å². The number of amides is 1. The molecule has 0 atom stereocenters. The number of hydrogen-bond donors (Lipinski definition) is 1. The standard InChI is InChI=1S/C22H17ClN4O/c1-15-7-8-19(18(23)13-15)25-22(28)20-14-21(16-9-11-24-12-10-16)27(26-20)17-5-3-2-4-6-17/h2-14H,1H3,(H,25,28). The third-order valence-corrected chi connectivity index (χ3v) is 4.60. The first-order valence-electron chi connectivity index (χ1n) is 8.75. The summed E-state index contributed by atoms with van der Waals surface area (Å²) in [6.07, 6.45) is 3.42. The number of para-hydroxylation sites is 1. The minimum Gasteiger partial charge on any atom is -0.319 e. The van der Waals surface area contributed by atoms with Crippen LogP contribution in [0.25, 0.3) is 16.9 Å². The molecule has 0 bridgehead atoms. The Labute approximate surface area is 167 Å². The topological polar surface area (TPSA) is 59.8 Å². The average Bonchev–Trinajstić information content (AvgIpc) is 3.17. The first-order chi connectivity index (χ1) is 13.6. The molecule has 0 unspecified atom stereocenters. The lowest BCUT2D eigenvalue weighted by atomic mass is 10.1. The maximum Gasteiger partial charge on any atom is 0.276 e. The second-order valence-corrected chi connectivity index (χ2v) is 6.74. The molecule has 138 valence electrons. The number of benzene rings is 2. The minimum atomic E-state index is -0.323. The van der Waals surface area contributed by atoms with Gasteiger partial charge in [0.25, 0.3) is 5.91 Å². The summed E-state index contributed by atoms with van der Waals surface area (Å²) in [5.41, 5.74) is 4.45.